The number of rotatable bonds is 8. The Balaban J connectivity index is 1.43. The van der Waals surface area contributed by atoms with Gasteiger partial charge >= 0.3 is 5.97 Å². The number of pyridine rings is 1. The van der Waals surface area contributed by atoms with Crippen molar-refractivity contribution in [1.82, 2.24) is 14.5 Å². The number of hydrogen-bond donors (Lipinski definition) is 0. The van der Waals surface area contributed by atoms with Gasteiger partial charge in [0.1, 0.15) is 5.82 Å². The highest BCUT2D eigenvalue weighted by Crippen LogP contribution is 2.30. The third-order valence-corrected chi connectivity index (χ3v) is 6.90. The SMILES string of the molecule is COC(=O)c1ccc(Cn2cc(-c3ccc(Cl)cc3Cl)nc2/C=C/c2ccc(-c3ccc(OC)nc3)cc2)cc1. The molecular weight excluding hydrogens is 545 g/mol. The number of methoxy groups -OCH3 is 2. The van der Waals surface area contributed by atoms with Gasteiger partial charge in [-0.2, -0.15) is 0 Å². The van der Waals surface area contributed by atoms with Crippen LogP contribution in [0.2, 0.25) is 10.0 Å². The number of imidazole rings is 1. The molecule has 0 spiro atoms. The highest BCUT2D eigenvalue weighted by atomic mass is 35.5. The predicted molar refractivity (Wildman–Crippen MR) is 160 cm³/mol. The topological polar surface area (TPSA) is 66.2 Å². The Morgan fingerprint density at radius 1 is 0.900 bits per heavy atom. The second-order valence-electron chi connectivity index (χ2n) is 8.97. The molecule has 5 aromatic rings. The van der Waals surface area contributed by atoms with Crippen LogP contribution in [-0.4, -0.2) is 34.7 Å². The lowest BCUT2D eigenvalue weighted by Crippen LogP contribution is -2.03. The first-order valence-corrected chi connectivity index (χ1v) is 13.2. The maximum Gasteiger partial charge on any atom is 0.337 e. The second-order valence-corrected chi connectivity index (χ2v) is 9.81. The fraction of sp³-hybridized carbons (Fsp3) is 0.0938. The predicted octanol–water partition coefficient (Wildman–Crippen LogP) is 7.93. The van der Waals surface area contributed by atoms with Gasteiger partial charge in [0.25, 0.3) is 0 Å². The van der Waals surface area contributed by atoms with Crippen molar-refractivity contribution < 1.29 is 14.3 Å². The summed E-state index contributed by atoms with van der Waals surface area (Å²) < 4.78 is 12.0. The van der Waals surface area contributed by atoms with Gasteiger partial charge in [0.15, 0.2) is 0 Å². The Hall–Kier alpha value is -4.39. The highest BCUT2D eigenvalue weighted by molar-refractivity contribution is 6.36. The van der Waals surface area contributed by atoms with Crippen LogP contribution < -0.4 is 4.74 Å². The molecule has 0 atom stereocenters. The standard InChI is InChI=1S/C32H25Cl2N3O3/c1-39-31-16-12-25(18-35-31)23-8-3-21(4-9-23)7-15-30-36-29(27-14-13-26(33)17-28(27)34)20-37(30)19-22-5-10-24(11-6-22)32(38)40-2/h3-18,20H,19H2,1-2H3/b15-7+. The molecule has 2 aromatic heterocycles. The zero-order chi connectivity index (χ0) is 28.1. The van der Waals surface area contributed by atoms with Crippen LogP contribution in [0.3, 0.4) is 0 Å². The number of carbonyl (C=O) groups is 1. The average molecular weight is 570 g/mol. The number of esters is 1. The third kappa shape index (κ3) is 6.25. The average Bonchev–Trinajstić information content (AvgIpc) is 3.38. The van der Waals surface area contributed by atoms with Crippen molar-refractivity contribution in [2.75, 3.05) is 14.2 Å². The van der Waals surface area contributed by atoms with Crippen LogP contribution in [0.25, 0.3) is 34.5 Å². The number of benzene rings is 3. The largest absolute Gasteiger partial charge is 0.481 e. The summed E-state index contributed by atoms with van der Waals surface area (Å²) in [6, 6.07) is 24.7. The van der Waals surface area contributed by atoms with Gasteiger partial charge in [0.05, 0.1) is 30.5 Å². The Labute approximate surface area is 242 Å². The van der Waals surface area contributed by atoms with Crippen LogP contribution in [0, 0.1) is 0 Å². The van der Waals surface area contributed by atoms with E-state index in [1.54, 1.807) is 37.6 Å². The number of carbonyl (C=O) groups excluding carboxylic acids is 1. The maximum absolute atomic E-state index is 11.8. The smallest absolute Gasteiger partial charge is 0.337 e. The van der Waals surface area contributed by atoms with E-state index in [1.165, 1.54) is 7.11 Å². The molecule has 0 fully saturated rings. The molecule has 0 radical (unpaired) electrons. The first-order valence-electron chi connectivity index (χ1n) is 12.4. The molecule has 6 nitrogen and oxygen atoms in total. The fourth-order valence-electron chi connectivity index (χ4n) is 4.21. The molecule has 8 heteroatoms. The van der Waals surface area contributed by atoms with Gasteiger partial charge in [-0.25, -0.2) is 14.8 Å². The minimum Gasteiger partial charge on any atom is -0.481 e. The quantitative estimate of drug-likeness (QED) is 0.177. The van der Waals surface area contributed by atoms with E-state index in [1.807, 2.05) is 65.4 Å². The van der Waals surface area contributed by atoms with Crippen molar-refractivity contribution >= 4 is 41.3 Å². The van der Waals surface area contributed by atoms with Gasteiger partial charge in [-0.3, -0.25) is 0 Å². The number of nitrogens with zero attached hydrogens (tertiary/aromatic N) is 3. The molecule has 0 aliphatic heterocycles. The molecule has 0 unspecified atom stereocenters. The number of ether oxygens (including phenoxy) is 2. The van der Waals surface area contributed by atoms with E-state index in [9.17, 15) is 4.79 Å². The van der Waals surface area contributed by atoms with Gasteiger partial charge in [0.2, 0.25) is 5.88 Å². The van der Waals surface area contributed by atoms with Gasteiger partial charge in [-0.05, 0) is 59.2 Å². The number of hydrogen-bond acceptors (Lipinski definition) is 5. The Morgan fingerprint density at radius 3 is 2.30 bits per heavy atom. The van der Waals surface area contributed by atoms with E-state index in [-0.39, 0.29) is 5.97 Å². The van der Waals surface area contributed by atoms with Crippen molar-refractivity contribution in [3.05, 3.63) is 124 Å². The van der Waals surface area contributed by atoms with Gasteiger partial charge in [-0.1, -0.05) is 65.7 Å². The summed E-state index contributed by atoms with van der Waals surface area (Å²) in [4.78, 5) is 21.0. The molecule has 0 N–H and O–H groups in total. The first kappa shape index (κ1) is 27.2. The molecule has 0 aliphatic carbocycles. The molecule has 2 heterocycles. The highest BCUT2D eigenvalue weighted by Gasteiger charge is 2.13. The molecule has 200 valence electrons. The van der Waals surface area contributed by atoms with Crippen LogP contribution in [0.5, 0.6) is 5.88 Å². The van der Waals surface area contributed by atoms with Crippen LogP contribution in [0.4, 0.5) is 0 Å². The summed E-state index contributed by atoms with van der Waals surface area (Å²) in [5.41, 5.74) is 6.12. The molecule has 0 amide bonds. The number of halogens is 2. The summed E-state index contributed by atoms with van der Waals surface area (Å²) in [7, 11) is 2.97. The van der Waals surface area contributed by atoms with Crippen molar-refractivity contribution in [1.29, 1.82) is 0 Å². The lowest BCUT2D eigenvalue weighted by molar-refractivity contribution is 0.0600. The van der Waals surface area contributed by atoms with E-state index in [0.717, 1.165) is 39.3 Å². The van der Waals surface area contributed by atoms with Crippen LogP contribution in [0.15, 0.2) is 91.3 Å². The summed E-state index contributed by atoms with van der Waals surface area (Å²) in [5.74, 6) is 0.964. The maximum atomic E-state index is 11.8. The molecule has 3 aromatic carbocycles. The normalized spacial score (nSPS) is 11.1. The second kappa shape index (κ2) is 12.2. The monoisotopic (exact) mass is 569 g/mol. The minimum atomic E-state index is -0.369. The van der Waals surface area contributed by atoms with E-state index >= 15 is 0 Å². The Morgan fingerprint density at radius 2 is 1.65 bits per heavy atom. The summed E-state index contributed by atoms with van der Waals surface area (Å²) >= 11 is 12.6. The van der Waals surface area contributed by atoms with Gasteiger partial charge < -0.3 is 14.0 Å². The lowest BCUT2D eigenvalue weighted by atomic mass is 10.1. The van der Waals surface area contributed by atoms with E-state index in [0.29, 0.717) is 28.0 Å². The van der Waals surface area contributed by atoms with Gasteiger partial charge in [0, 0.05) is 41.2 Å². The third-order valence-electron chi connectivity index (χ3n) is 6.36. The summed E-state index contributed by atoms with van der Waals surface area (Å²) in [6.45, 7) is 0.544. The van der Waals surface area contributed by atoms with Crippen molar-refractivity contribution in [2.45, 2.75) is 6.54 Å². The van der Waals surface area contributed by atoms with Gasteiger partial charge in [-0.15, -0.1) is 0 Å². The van der Waals surface area contributed by atoms with Crippen LogP contribution >= 0.6 is 23.2 Å². The van der Waals surface area contributed by atoms with Crippen molar-refractivity contribution in [3.63, 3.8) is 0 Å². The first-order chi connectivity index (χ1) is 19.4. The molecule has 0 saturated heterocycles. The fourth-order valence-corrected chi connectivity index (χ4v) is 4.71. The van der Waals surface area contributed by atoms with E-state index < -0.39 is 0 Å². The van der Waals surface area contributed by atoms with Crippen molar-refractivity contribution in [2.24, 2.45) is 0 Å². The number of aromatic nitrogens is 3. The summed E-state index contributed by atoms with van der Waals surface area (Å²) in [6.07, 6.45) is 7.74. The molecule has 0 saturated carbocycles. The van der Waals surface area contributed by atoms with Crippen LogP contribution in [-0.2, 0) is 11.3 Å². The van der Waals surface area contributed by atoms with E-state index in [2.05, 4.69) is 17.1 Å². The molecule has 5 rings (SSSR count). The summed E-state index contributed by atoms with van der Waals surface area (Å²) in [5, 5.41) is 1.09. The van der Waals surface area contributed by atoms with Crippen molar-refractivity contribution in [3.8, 4) is 28.3 Å². The zero-order valence-corrected chi connectivity index (χ0v) is 23.4. The molecule has 0 bridgehead atoms. The molecule has 0 aliphatic rings. The van der Waals surface area contributed by atoms with E-state index in [4.69, 9.17) is 37.7 Å². The minimum absolute atomic E-state index is 0.369. The molecule has 40 heavy (non-hydrogen) atoms. The lowest BCUT2D eigenvalue weighted by Gasteiger charge is -2.07. The van der Waals surface area contributed by atoms with Crippen LogP contribution in [0.1, 0.15) is 27.3 Å². The Kier molecular flexibility index (Phi) is 8.29. The molecular formula is C32H25Cl2N3O3. The Bertz CT molecular complexity index is 1660. The zero-order valence-electron chi connectivity index (χ0n) is 21.8.